The maximum Gasteiger partial charge on any atom is 0.422 e. The number of halogens is 5. The first kappa shape index (κ1) is 24.9. The largest absolute Gasteiger partial charge is 0.468 e. The zero-order chi connectivity index (χ0) is 20.4. The summed E-state index contributed by atoms with van der Waals surface area (Å²) in [6.07, 6.45) is -2.34. The molecule has 0 radical (unpaired) electrons. The second-order valence-electron chi connectivity index (χ2n) is 5.91. The zero-order valence-electron chi connectivity index (χ0n) is 15.8. The SMILES string of the molecule is CCNC(=NCc1ccc(OCC(F)(F)F)nc1)NCCc1cccc(F)c1.I. The molecule has 0 saturated carbocycles. The molecule has 0 saturated heterocycles. The van der Waals surface area contributed by atoms with Gasteiger partial charge in [-0.3, -0.25) is 0 Å². The molecule has 0 spiro atoms. The molecule has 1 heterocycles. The minimum atomic E-state index is -4.40. The van der Waals surface area contributed by atoms with Gasteiger partial charge in [-0.25, -0.2) is 14.4 Å². The van der Waals surface area contributed by atoms with E-state index in [1.54, 1.807) is 12.1 Å². The summed E-state index contributed by atoms with van der Waals surface area (Å²) in [5.74, 6) is 0.217. The first-order valence-electron chi connectivity index (χ1n) is 8.77. The second-order valence-corrected chi connectivity index (χ2v) is 5.91. The molecule has 0 bridgehead atoms. The van der Waals surface area contributed by atoms with Crippen LogP contribution in [0.25, 0.3) is 0 Å². The Morgan fingerprint density at radius 3 is 2.55 bits per heavy atom. The topological polar surface area (TPSA) is 58.5 Å². The molecule has 1 aromatic heterocycles. The summed E-state index contributed by atoms with van der Waals surface area (Å²) in [5.41, 5.74) is 1.60. The summed E-state index contributed by atoms with van der Waals surface area (Å²) >= 11 is 0. The van der Waals surface area contributed by atoms with Crippen LogP contribution in [0.5, 0.6) is 5.88 Å². The highest BCUT2D eigenvalue weighted by Gasteiger charge is 2.28. The summed E-state index contributed by atoms with van der Waals surface area (Å²) < 4.78 is 54.1. The van der Waals surface area contributed by atoms with Gasteiger partial charge in [0.1, 0.15) is 5.82 Å². The number of ether oxygens (including phenoxy) is 1. The summed E-state index contributed by atoms with van der Waals surface area (Å²) in [6.45, 7) is 2.07. The molecule has 10 heteroatoms. The average Bonchev–Trinajstić information content (AvgIpc) is 2.65. The Morgan fingerprint density at radius 1 is 1.14 bits per heavy atom. The van der Waals surface area contributed by atoms with E-state index in [9.17, 15) is 17.6 Å². The maximum absolute atomic E-state index is 13.2. The van der Waals surface area contributed by atoms with Crippen LogP contribution in [0.3, 0.4) is 0 Å². The third-order valence-electron chi connectivity index (χ3n) is 3.54. The number of nitrogens with one attached hydrogen (secondary N) is 2. The van der Waals surface area contributed by atoms with Crippen LogP contribution in [0.15, 0.2) is 47.6 Å². The highest BCUT2D eigenvalue weighted by Crippen LogP contribution is 2.17. The fourth-order valence-electron chi connectivity index (χ4n) is 2.28. The quantitative estimate of drug-likeness (QED) is 0.236. The van der Waals surface area contributed by atoms with Crippen molar-refractivity contribution in [1.29, 1.82) is 0 Å². The Bertz CT molecular complexity index is 770. The lowest BCUT2D eigenvalue weighted by atomic mass is 10.1. The van der Waals surface area contributed by atoms with Gasteiger partial charge in [0.25, 0.3) is 0 Å². The molecule has 0 fully saturated rings. The van der Waals surface area contributed by atoms with E-state index in [1.807, 2.05) is 13.0 Å². The molecular formula is C19H23F4IN4O. The van der Waals surface area contributed by atoms with Crippen LogP contribution in [0.2, 0.25) is 0 Å². The Balaban J connectivity index is 0.00000420. The number of alkyl halides is 3. The predicted octanol–water partition coefficient (Wildman–Crippen LogP) is 4.08. The van der Waals surface area contributed by atoms with Crippen LogP contribution in [-0.2, 0) is 13.0 Å². The number of benzene rings is 1. The minimum Gasteiger partial charge on any atom is -0.468 e. The van der Waals surface area contributed by atoms with Gasteiger partial charge in [-0.2, -0.15) is 13.2 Å². The maximum atomic E-state index is 13.2. The molecule has 2 N–H and O–H groups in total. The van der Waals surface area contributed by atoms with Gasteiger partial charge in [-0.1, -0.05) is 18.2 Å². The predicted molar refractivity (Wildman–Crippen MR) is 114 cm³/mol. The summed E-state index contributed by atoms with van der Waals surface area (Å²) in [5, 5.41) is 6.25. The Hall–Kier alpha value is -2.11. The minimum absolute atomic E-state index is 0. The zero-order valence-corrected chi connectivity index (χ0v) is 18.1. The van der Waals surface area contributed by atoms with E-state index in [4.69, 9.17) is 0 Å². The van der Waals surface area contributed by atoms with Crippen LogP contribution in [0.4, 0.5) is 17.6 Å². The molecule has 0 unspecified atom stereocenters. The molecule has 2 aromatic rings. The molecule has 2 rings (SSSR count). The van der Waals surface area contributed by atoms with Crippen molar-refractivity contribution in [2.24, 2.45) is 4.99 Å². The summed E-state index contributed by atoms with van der Waals surface area (Å²) in [6, 6.07) is 9.39. The van der Waals surface area contributed by atoms with Gasteiger partial charge >= 0.3 is 6.18 Å². The third kappa shape index (κ3) is 10.3. The van der Waals surface area contributed by atoms with Crippen LogP contribution >= 0.6 is 24.0 Å². The lowest BCUT2D eigenvalue weighted by Crippen LogP contribution is -2.38. The number of hydrogen-bond acceptors (Lipinski definition) is 3. The number of nitrogens with zero attached hydrogens (tertiary/aromatic N) is 2. The van der Waals surface area contributed by atoms with Gasteiger partial charge in [0.15, 0.2) is 12.6 Å². The van der Waals surface area contributed by atoms with E-state index in [1.165, 1.54) is 24.4 Å². The number of rotatable bonds is 8. The van der Waals surface area contributed by atoms with Crippen molar-refractivity contribution in [2.45, 2.75) is 26.1 Å². The Kier molecular flexibility index (Phi) is 10.7. The van der Waals surface area contributed by atoms with Crippen LogP contribution in [-0.4, -0.2) is 36.8 Å². The molecule has 160 valence electrons. The van der Waals surface area contributed by atoms with E-state index in [0.29, 0.717) is 32.0 Å². The molecule has 0 atom stereocenters. The number of aromatic nitrogens is 1. The van der Waals surface area contributed by atoms with Crippen LogP contribution in [0, 0.1) is 5.82 Å². The van der Waals surface area contributed by atoms with Gasteiger partial charge < -0.3 is 15.4 Å². The van der Waals surface area contributed by atoms with Crippen molar-refractivity contribution < 1.29 is 22.3 Å². The molecule has 5 nitrogen and oxygen atoms in total. The smallest absolute Gasteiger partial charge is 0.422 e. The Morgan fingerprint density at radius 2 is 1.93 bits per heavy atom. The standard InChI is InChI=1S/C19H22F4N4O.HI/c1-2-24-18(25-9-8-14-4-3-5-16(20)10-14)27-12-15-6-7-17(26-11-15)28-13-19(21,22)23;/h3-7,10-11H,2,8-9,12-13H2,1H3,(H2,24,25,27);1H. The van der Waals surface area contributed by atoms with E-state index in [2.05, 4.69) is 25.3 Å². The molecule has 0 aliphatic rings. The molecule has 0 aliphatic heterocycles. The van der Waals surface area contributed by atoms with E-state index in [0.717, 1.165) is 11.1 Å². The van der Waals surface area contributed by atoms with Crippen molar-refractivity contribution in [2.75, 3.05) is 19.7 Å². The van der Waals surface area contributed by atoms with Crippen molar-refractivity contribution in [3.05, 3.63) is 59.5 Å². The highest BCUT2D eigenvalue weighted by molar-refractivity contribution is 14.0. The monoisotopic (exact) mass is 526 g/mol. The van der Waals surface area contributed by atoms with Crippen molar-refractivity contribution in [1.82, 2.24) is 15.6 Å². The number of hydrogen-bond donors (Lipinski definition) is 2. The van der Waals surface area contributed by atoms with Crippen LogP contribution in [0.1, 0.15) is 18.1 Å². The van der Waals surface area contributed by atoms with Gasteiger partial charge in [-0.05, 0) is 36.6 Å². The lowest BCUT2D eigenvalue weighted by molar-refractivity contribution is -0.154. The molecule has 29 heavy (non-hydrogen) atoms. The van der Waals surface area contributed by atoms with Gasteiger partial charge in [0.05, 0.1) is 6.54 Å². The van der Waals surface area contributed by atoms with Gasteiger partial charge in [0.2, 0.25) is 5.88 Å². The fourth-order valence-corrected chi connectivity index (χ4v) is 2.28. The lowest BCUT2D eigenvalue weighted by Gasteiger charge is -2.11. The first-order chi connectivity index (χ1) is 13.4. The average molecular weight is 526 g/mol. The normalized spacial score (nSPS) is 11.6. The highest BCUT2D eigenvalue weighted by atomic mass is 127. The second kappa shape index (κ2) is 12.5. The number of guanidine groups is 1. The Labute approximate surface area is 184 Å². The van der Waals surface area contributed by atoms with Crippen molar-refractivity contribution >= 4 is 29.9 Å². The van der Waals surface area contributed by atoms with Crippen LogP contribution < -0.4 is 15.4 Å². The molecule has 0 amide bonds. The summed E-state index contributed by atoms with van der Waals surface area (Å²) in [4.78, 5) is 8.25. The summed E-state index contributed by atoms with van der Waals surface area (Å²) in [7, 11) is 0. The number of aliphatic imine (C=N–C) groups is 1. The van der Waals surface area contributed by atoms with Crippen molar-refractivity contribution in [3.63, 3.8) is 0 Å². The van der Waals surface area contributed by atoms with E-state index in [-0.39, 0.29) is 35.7 Å². The fraction of sp³-hybridized carbons (Fsp3) is 0.368. The van der Waals surface area contributed by atoms with Gasteiger partial charge in [0, 0.05) is 25.4 Å². The first-order valence-corrected chi connectivity index (χ1v) is 8.77. The van der Waals surface area contributed by atoms with Crippen molar-refractivity contribution in [3.8, 4) is 5.88 Å². The molecule has 1 aromatic carbocycles. The van der Waals surface area contributed by atoms with E-state index >= 15 is 0 Å². The third-order valence-corrected chi connectivity index (χ3v) is 3.54. The molecular weight excluding hydrogens is 503 g/mol. The van der Waals surface area contributed by atoms with E-state index < -0.39 is 12.8 Å². The molecule has 0 aliphatic carbocycles. The van der Waals surface area contributed by atoms with Gasteiger partial charge in [-0.15, -0.1) is 24.0 Å². The number of pyridine rings is 1.